The fourth-order valence-electron chi connectivity index (χ4n) is 3.04. The zero-order valence-electron chi connectivity index (χ0n) is 16.8. The molecule has 0 unspecified atom stereocenters. The van der Waals surface area contributed by atoms with Crippen molar-refractivity contribution in [3.63, 3.8) is 0 Å². The van der Waals surface area contributed by atoms with Gasteiger partial charge in [-0.25, -0.2) is 0 Å². The first-order valence-corrected chi connectivity index (χ1v) is 9.63. The molecule has 154 valence electrons. The van der Waals surface area contributed by atoms with Crippen LogP contribution in [0.5, 0.6) is 5.75 Å². The molecule has 0 fully saturated rings. The molecule has 2 rings (SSSR count). The van der Waals surface area contributed by atoms with Crippen molar-refractivity contribution in [2.75, 3.05) is 18.6 Å². The molecule has 7 nitrogen and oxygen atoms in total. The summed E-state index contributed by atoms with van der Waals surface area (Å²) < 4.78 is 5.68. The van der Waals surface area contributed by atoms with Gasteiger partial charge in [-0.1, -0.05) is 31.0 Å². The van der Waals surface area contributed by atoms with Crippen LogP contribution in [0.3, 0.4) is 0 Å². The molecule has 0 aliphatic carbocycles. The number of anilines is 1. The fraction of sp³-hybridized carbons (Fsp3) is 0.364. The number of amides is 1. The second-order valence-electron chi connectivity index (χ2n) is 6.80. The number of nitro groups is 1. The zero-order chi connectivity index (χ0) is 21.2. The Hall–Kier alpha value is -3.22. The SMILES string of the molecule is Cc1c(OCCCCCCC(=O)N(C)c2ccccc2)ccc([N+](=O)[O-])c1C=O. The van der Waals surface area contributed by atoms with Crippen molar-refractivity contribution in [1.29, 1.82) is 0 Å². The summed E-state index contributed by atoms with van der Waals surface area (Å²) in [5, 5.41) is 11.0. The number of hydrogen-bond acceptors (Lipinski definition) is 5. The summed E-state index contributed by atoms with van der Waals surface area (Å²) in [5.41, 5.74) is 1.20. The molecule has 0 saturated heterocycles. The highest BCUT2D eigenvalue weighted by Crippen LogP contribution is 2.28. The molecule has 0 aromatic heterocycles. The van der Waals surface area contributed by atoms with Gasteiger partial charge >= 0.3 is 0 Å². The molecule has 0 aliphatic heterocycles. The summed E-state index contributed by atoms with van der Waals surface area (Å²) >= 11 is 0. The van der Waals surface area contributed by atoms with E-state index < -0.39 is 4.92 Å². The molecule has 0 N–H and O–H groups in total. The van der Waals surface area contributed by atoms with Gasteiger partial charge in [-0.15, -0.1) is 0 Å². The van der Waals surface area contributed by atoms with Crippen LogP contribution in [0.15, 0.2) is 42.5 Å². The molecular weight excluding hydrogens is 372 g/mol. The number of aldehydes is 1. The maximum Gasteiger partial charge on any atom is 0.280 e. The molecule has 1 amide bonds. The van der Waals surface area contributed by atoms with Gasteiger partial charge in [-0.2, -0.15) is 0 Å². The van der Waals surface area contributed by atoms with Gasteiger partial charge in [0.1, 0.15) is 5.75 Å². The maximum atomic E-state index is 12.2. The number of unbranched alkanes of at least 4 members (excludes halogenated alkanes) is 3. The topological polar surface area (TPSA) is 89.8 Å². The molecule has 29 heavy (non-hydrogen) atoms. The van der Waals surface area contributed by atoms with Gasteiger partial charge in [0.25, 0.3) is 5.69 Å². The third-order valence-electron chi connectivity index (χ3n) is 4.82. The predicted molar refractivity (Wildman–Crippen MR) is 112 cm³/mol. The van der Waals surface area contributed by atoms with E-state index in [1.54, 1.807) is 18.9 Å². The lowest BCUT2D eigenvalue weighted by molar-refractivity contribution is -0.385. The molecule has 0 saturated carbocycles. The molecule has 7 heteroatoms. The van der Waals surface area contributed by atoms with E-state index in [0.29, 0.717) is 30.6 Å². The highest BCUT2D eigenvalue weighted by Gasteiger charge is 2.18. The lowest BCUT2D eigenvalue weighted by Gasteiger charge is -2.17. The molecule has 0 aliphatic rings. The van der Waals surface area contributed by atoms with Crippen LogP contribution in [-0.2, 0) is 4.79 Å². The summed E-state index contributed by atoms with van der Waals surface area (Å²) in [4.78, 5) is 35.4. The summed E-state index contributed by atoms with van der Waals surface area (Å²) in [6, 6.07) is 12.4. The van der Waals surface area contributed by atoms with Crippen molar-refractivity contribution in [1.82, 2.24) is 0 Å². The molecule has 0 spiro atoms. The van der Waals surface area contributed by atoms with Crippen molar-refractivity contribution in [3.8, 4) is 5.75 Å². The van der Waals surface area contributed by atoms with Gasteiger partial charge in [-0.05, 0) is 38.0 Å². The number of para-hydroxylation sites is 1. The molecule has 0 heterocycles. The Kier molecular flexibility index (Phi) is 8.33. The molecule has 0 bridgehead atoms. The van der Waals surface area contributed by atoms with Crippen molar-refractivity contribution in [2.24, 2.45) is 0 Å². The van der Waals surface area contributed by atoms with Crippen molar-refractivity contribution in [2.45, 2.75) is 39.0 Å². The van der Waals surface area contributed by atoms with Gasteiger partial charge in [-0.3, -0.25) is 19.7 Å². The van der Waals surface area contributed by atoms with Gasteiger partial charge in [0.2, 0.25) is 5.91 Å². The van der Waals surface area contributed by atoms with Crippen LogP contribution in [0.2, 0.25) is 0 Å². The smallest absolute Gasteiger partial charge is 0.280 e. The fourth-order valence-corrected chi connectivity index (χ4v) is 3.04. The van der Waals surface area contributed by atoms with Crippen molar-refractivity contribution < 1.29 is 19.2 Å². The van der Waals surface area contributed by atoms with Crippen LogP contribution in [-0.4, -0.2) is 30.8 Å². The lowest BCUT2D eigenvalue weighted by atomic mass is 10.1. The number of nitro benzene ring substituents is 1. The first-order chi connectivity index (χ1) is 14.0. The minimum atomic E-state index is -0.572. The summed E-state index contributed by atoms with van der Waals surface area (Å²) in [5.74, 6) is 0.577. The van der Waals surface area contributed by atoms with E-state index in [9.17, 15) is 19.7 Å². The Labute approximate surface area is 170 Å². The quantitative estimate of drug-likeness (QED) is 0.237. The number of carbonyl (C=O) groups excluding carboxylic acids is 2. The minimum absolute atomic E-state index is 0.0496. The first-order valence-electron chi connectivity index (χ1n) is 9.63. The van der Waals surface area contributed by atoms with E-state index in [4.69, 9.17) is 4.74 Å². The number of nitrogens with zero attached hydrogens (tertiary/aromatic N) is 2. The Bertz CT molecular complexity index is 852. The number of hydrogen-bond donors (Lipinski definition) is 0. The van der Waals surface area contributed by atoms with Crippen molar-refractivity contribution >= 4 is 23.6 Å². The second kappa shape index (κ2) is 10.9. The molecule has 0 radical (unpaired) electrons. The zero-order valence-corrected chi connectivity index (χ0v) is 16.8. The number of benzene rings is 2. The van der Waals surface area contributed by atoms with Crippen LogP contribution in [0.1, 0.15) is 48.0 Å². The number of carbonyl (C=O) groups is 2. The van der Waals surface area contributed by atoms with Crippen molar-refractivity contribution in [3.05, 3.63) is 63.7 Å². The van der Waals surface area contributed by atoms with Crippen LogP contribution in [0.4, 0.5) is 11.4 Å². The van der Waals surface area contributed by atoms with Crippen LogP contribution >= 0.6 is 0 Å². The van der Waals surface area contributed by atoms with E-state index in [2.05, 4.69) is 0 Å². The maximum absolute atomic E-state index is 12.2. The monoisotopic (exact) mass is 398 g/mol. The first kappa shape index (κ1) is 22.1. The highest BCUT2D eigenvalue weighted by molar-refractivity contribution is 5.92. The average Bonchev–Trinajstić information content (AvgIpc) is 2.73. The average molecular weight is 398 g/mol. The van der Waals surface area contributed by atoms with E-state index in [0.717, 1.165) is 31.4 Å². The van der Waals surface area contributed by atoms with Gasteiger partial charge in [0.05, 0.1) is 17.1 Å². The van der Waals surface area contributed by atoms with Gasteiger partial charge in [0.15, 0.2) is 6.29 Å². The summed E-state index contributed by atoms with van der Waals surface area (Å²) in [6.45, 7) is 2.09. The Balaban J connectivity index is 1.69. The lowest BCUT2D eigenvalue weighted by Crippen LogP contribution is -2.25. The molecular formula is C22H26N2O5. The normalized spacial score (nSPS) is 10.4. The Morgan fingerprint density at radius 3 is 2.45 bits per heavy atom. The number of rotatable bonds is 11. The van der Waals surface area contributed by atoms with Gasteiger partial charge in [0, 0.05) is 30.8 Å². The Morgan fingerprint density at radius 2 is 1.79 bits per heavy atom. The van der Waals surface area contributed by atoms with E-state index in [1.807, 2.05) is 30.3 Å². The second-order valence-corrected chi connectivity index (χ2v) is 6.80. The van der Waals surface area contributed by atoms with Crippen LogP contribution < -0.4 is 9.64 Å². The van der Waals surface area contributed by atoms with Crippen LogP contribution in [0, 0.1) is 17.0 Å². The highest BCUT2D eigenvalue weighted by atomic mass is 16.6. The third-order valence-corrected chi connectivity index (χ3v) is 4.82. The molecule has 2 aromatic carbocycles. The van der Waals surface area contributed by atoms with E-state index in [-0.39, 0.29) is 17.2 Å². The standard InChI is InChI=1S/C22H26N2O5/c1-17-19(16-25)20(24(27)28)13-14-21(17)29-15-9-4-3-8-12-22(26)23(2)18-10-6-5-7-11-18/h5-7,10-11,13-14,16H,3-4,8-9,12,15H2,1-2H3. The third kappa shape index (κ3) is 6.14. The summed E-state index contributed by atoms with van der Waals surface area (Å²) in [7, 11) is 1.78. The number of ether oxygens (including phenoxy) is 1. The van der Waals surface area contributed by atoms with E-state index in [1.165, 1.54) is 12.1 Å². The minimum Gasteiger partial charge on any atom is -0.493 e. The van der Waals surface area contributed by atoms with E-state index >= 15 is 0 Å². The predicted octanol–water partition coefficient (Wildman–Crippen LogP) is 4.71. The summed E-state index contributed by atoms with van der Waals surface area (Å²) in [6.07, 6.45) is 4.42. The van der Waals surface area contributed by atoms with Gasteiger partial charge < -0.3 is 9.64 Å². The molecule has 2 aromatic rings. The Morgan fingerprint density at radius 1 is 1.10 bits per heavy atom. The molecule has 0 atom stereocenters. The largest absolute Gasteiger partial charge is 0.493 e. The van der Waals surface area contributed by atoms with Crippen LogP contribution in [0.25, 0.3) is 0 Å².